The van der Waals surface area contributed by atoms with Crippen LogP contribution in [0.2, 0.25) is 0 Å². The SMILES string of the molecule is CCCCOCCCNC(C)c1cc(O)ccc1O. The van der Waals surface area contributed by atoms with E-state index in [1.54, 1.807) is 6.07 Å². The van der Waals surface area contributed by atoms with Gasteiger partial charge in [-0.25, -0.2) is 0 Å². The summed E-state index contributed by atoms with van der Waals surface area (Å²) in [5, 5.41) is 22.5. The Morgan fingerprint density at radius 2 is 1.95 bits per heavy atom. The molecule has 0 aliphatic carbocycles. The van der Waals surface area contributed by atoms with Crippen molar-refractivity contribution in [3.05, 3.63) is 23.8 Å². The lowest BCUT2D eigenvalue weighted by atomic mass is 10.1. The Labute approximate surface area is 115 Å². The molecule has 0 spiro atoms. The number of hydrogen-bond acceptors (Lipinski definition) is 4. The number of hydrogen-bond donors (Lipinski definition) is 3. The second kappa shape index (κ2) is 8.77. The molecule has 0 aliphatic heterocycles. The fourth-order valence-corrected chi connectivity index (χ4v) is 1.84. The third-order valence-corrected chi connectivity index (χ3v) is 3.04. The van der Waals surface area contributed by atoms with Crippen molar-refractivity contribution in [2.75, 3.05) is 19.8 Å². The number of phenols is 2. The van der Waals surface area contributed by atoms with Crippen LogP contribution in [0.1, 0.15) is 44.7 Å². The van der Waals surface area contributed by atoms with E-state index in [-0.39, 0.29) is 17.5 Å². The van der Waals surface area contributed by atoms with E-state index < -0.39 is 0 Å². The van der Waals surface area contributed by atoms with Gasteiger partial charge in [-0.3, -0.25) is 0 Å². The minimum absolute atomic E-state index is 0.00254. The Hall–Kier alpha value is -1.26. The van der Waals surface area contributed by atoms with Crippen LogP contribution in [0.3, 0.4) is 0 Å². The quantitative estimate of drug-likeness (QED) is 0.475. The summed E-state index contributed by atoms with van der Waals surface area (Å²) in [5.41, 5.74) is 0.715. The van der Waals surface area contributed by atoms with Gasteiger partial charge in [-0.1, -0.05) is 13.3 Å². The van der Waals surface area contributed by atoms with E-state index >= 15 is 0 Å². The monoisotopic (exact) mass is 267 g/mol. The largest absolute Gasteiger partial charge is 0.508 e. The number of ether oxygens (including phenoxy) is 1. The molecule has 0 aromatic heterocycles. The summed E-state index contributed by atoms with van der Waals surface area (Å²) in [5.74, 6) is 0.376. The second-order valence-electron chi connectivity index (χ2n) is 4.74. The Kier molecular flexibility index (Phi) is 7.30. The molecule has 1 unspecified atom stereocenters. The molecule has 0 radical (unpaired) electrons. The Balaban J connectivity index is 2.23. The first-order valence-electron chi connectivity index (χ1n) is 6.98. The highest BCUT2D eigenvalue weighted by molar-refractivity contribution is 5.40. The third kappa shape index (κ3) is 5.94. The van der Waals surface area contributed by atoms with Crippen molar-refractivity contribution in [2.45, 2.75) is 39.2 Å². The molecule has 0 heterocycles. The molecule has 0 bridgehead atoms. The van der Waals surface area contributed by atoms with Gasteiger partial charge < -0.3 is 20.3 Å². The van der Waals surface area contributed by atoms with Gasteiger partial charge in [0.25, 0.3) is 0 Å². The van der Waals surface area contributed by atoms with Gasteiger partial charge >= 0.3 is 0 Å². The maximum Gasteiger partial charge on any atom is 0.120 e. The molecule has 1 rings (SSSR count). The molecule has 4 heteroatoms. The van der Waals surface area contributed by atoms with Gasteiger partial charge in [0.15, 0.2) is 0 Å². The lowest BCUT2D eigenvalue weighted by Crippen LogP contribution is -2.21. The van der Waals surface area contributed by atoms with Gasteiger partial charge in [-0.2, -0.15) is 0 Å². The van der Waals surface area contributed by atoms with Crippen LogP contribution in [0.25, 0.3) is 0 Å². The van der Waals surface area contributed by atoms with E-state index in [4.69, 9.17) is 4.74 Å². The van der Waals surface area contributed by atoms with Gasteiger partial charge in [0.05, 0.1) is 0 Å². The summed E-state index contributed by atoms with van der Waals surface area (Å²) in [6.45, 7) is 6.52. The smallest absolute Gasteiger partial charge is 0.120 e. The summed E-state index contributed by atoms with van der Waals surface area (Å²) in [6, 6.07) is 4.58. The van der Waals surface area contributed by atoms with E-state index in [1.165, 1.54) is 12.1 Å². The van der Waals surface area contributed by atoms with E-state index in [0.717, 1.165) is 39.0 Å². The van der Waals surface area contributed by atoms with Crippen molar-refractivity contribution in [1.29, 1.82) is 0 Å². The predicted molar refractivity (Wildman–Crippen MR) is 76.5 cm³/mol. The zero-order valence-electron chi connectivity index (χ0n) is 11.9. The van der Waals surface area contributed by atoms with E-state index in [1.807, 2.05) is 6.92 Å². The molecule has 1 aromatic carbocycles. The fraction of sp³-hybridized carbons (Fsp3) is 0.600. The molecule has 0 saturated carbocycles. The molecule has 0 aliphatic rings. The van der Waals surface area contributed by atoms with Crippen LogP contribution in [0.4, 0.5) is 0 Å². The van der Waals surface area contributed by atoms with Crippen LogP contribution in [-0.2, 0) is 4.74 Å². The third-order valence-electron chi connectivity index (χ3n) is 3.04. The van der Waals surface area contributed by atoms with Crippen molar-refractivity contribution in [1.82, 2.24) is 5.32 Å². The Bertz CT molecular complexity index is 368. The molecule has 108 valence electrons. The van der Waals surface area contributed by atoms with Crippen molar-refractivity contribution >= 4 is 0 Å². The van der Waals surface area contributed by atoms with Crippen LogP contribution in [0.15, 0.2) is 18.2 Å². The lowest BCUT2D eigenvalue weighted by molar-refractivity contribution is 0.128. The summed E-state index contributed by atoms with van der Waals surface area (Å²) in [4.78, 5) is 0. The fourth-order valence-electron chi connectivity index (χ4n) is 1.84. The molecule has 1 atom stereocenters. The normalized spacial score (nSPS) is 12.5. The summed E-state index contributed by atoms with van der Waals surface area (Å²) in [7, 11) is 0. The summed E-state index contributed by atoms with van der Waals surface area (Å²) >= 11 is 0. The maximum atomic E-state index is 9.73. The molecule has 1 aromatic rings. The zero-order chi connectivity index (χ0) is 14.1. The number of phenolic OH excluding ortho intramolecular Hbond substituents is 2. The van der Waals surface area contributed by atoms with Gasteiger partial charge in [-0.05, 0) is 44.5 Å². The van der Waals surface area contributed by atoms with Crippen LogP contribution in [-0.4, -0.2) is 30.0 Å². The van der Waals surface area contributed by atoms with Crippen molar-refractivity contribution in [2.24, 2.45) is 0 Å². The molecule has 3 N–H and O–H groups in total. The van der Waals surface area contributed by atoms with Crippen LogP contribution in [0, 0.1) is 0 Å². The highest BCUT2D eigenvalue weighted by atomic mass is 16.5. The minimum atomic E-state index is 0.00254. The second-order valence-corrected chi connectivity index (χ2v) is 4.74. The minimum Gasteiger partial charge on any atom is -0.508 e. The van der Waals surface area contributed by atoms with Crippen molar-refractivity contribution < 1.29 is 14.9 Å². The molecule has 0 amide bonds. The maximum absolute atomic E-state index is 9.73. The van der Waals surface area contributed by atoms with Gasteiger partial charge in [-0.15, -0.1) is 0 Å². The molecule has 19 heavy (non-hydrogen) atoms. The van der Waals surface area contributed by atoms with Crippen LogP contribution >= 0.6 is 0 Å². The summed E-state index contributed by atoms with van der Waals surface area (Å²) < 4.78 is 5.48. The number of nitrogens with one attached hydrogen (secondary N) is 1. The Morgan fingerprint density at radius 1 is 1.21 bits per heavy atom. The Morgan fingerprint density at radius 3 is 2.68 bits per heavy atom. The number of unbranched alkanes of at least 4 members (excludes halogenated alkanes) is 1. The molecular formula is C15H25NO3. The van der Waals surface area contributed by atoms with Gasteiger partial charge in [0.2, 0.25) is 0 Å². The molecule has 0 fully saturated rings. The van der Waals surface area contributed by atoms with Crippen molar-refractivity contribution in [3.8, 4) is 11.5 Å². The first-order chi connectivity index (χ1) is 9.15. The molecular weight excluding hydrogens is 242 g/mol. The zero-order valence-corrected chi connectivity index (χ0v) is 11.9. The number of rotatable bonds is 9. The van der Waals surface area contributed by atoms with E-state index in [2.05, 4.69) is 12.2 Å². The number of aromatic hydroxyl groups is 2. The molecule has 4 nitrogen and oxygen atoms in total. The first kappa shape index (κ1) is 15.8. The highest BCUT2D eigenvalue weighted by Gasteiger charge is 2.10. The van der Waals surface area contributed by atoms with Gasteiger partial charge in [0.1, 0.15) is 11.5 Å². The van der Waals surface area contributed by atoms with Gasteiger partial charge in [0, 0.05) is 24.8 Å². The van der Waals surface area contributed by atoms with Crippen molar-refractivity contribution in [3.63, 3.8) is 0 Å². The first-order valence-corrected chi connectivity index (χ1v) is 6.98. The van der Waals surface area contributed by atoms with E-state index in [9.17, 15) is 10.2 Å². The summed E-state index contributed by atoms with van der Waals surface area (Å²) in [6.07, 6.45) is 3.21. The highest BCUT2D eigenvalue weighted by Crippen LogP contribution is 2.27. The van der Waals surface area contributed by atoms with E-state index in [0.29, 0.717) is 5.56 Å². The standard InChI is InChI=1S/C15H25NO3/c1-3-4-9-19-10-5-8-16-12(2)14-11-13(17)6-7-15(14)18/h6-7,11-12,16-18H,3-5,8-10H2,1-2H3. The predicted octanol–water partition coefficient (Wildman–Crippen LogP) is 2.96. The average Bonchev–Trinajstić information content (AvgIpc) is 2.40. The topological polar surface area (TPSA) is 61.7 Å². The lowest BCUT2D eigenvalue weighted by Gasteiger charge is -2.15. The molecule has 0 saturated heterocycles. The van der Waals surface area contributed by atoms with Crippen LogP contribution < -0.4 is 5.32 Å². The average molecular weight is 267 g/mol. The number of benzene rings is 1. The van der Waals surface area contributed by atoms with Crippen LogP contribution in [0.5, 0.6) is 11.5 Å².